The summed E-state index contributed by atoms with van der Waals surface area (Å²) in [5.41, 5.74) is 10.8. The average Bonchev–Trinajstić information content (AvgIpc) is 3.87. The first kappa shape index (κ1) is 26.5. The number of benzene rings is 8. The Balaban J connectivity index is 1.27. The minimum Gasteiger partial charge on any atom is -0.464 e. The van der Waals surface area contributed by atoms with Crippen molar-refractivity contribution in [2.45, 2.75) is 0 Å². The van der Waals surface area contributed by atoms with Crippen LogP contribution in [0, 0.1) is 0 Å². The zero-order chi connectivity index (χ0) is 32.1. The summed E-state index contributed by atoms with van der Waals surface area (Å²) in [6.45, 7) is 0. The molecule has 3 heterocycles. The molecule has 0 fully saturated rings. The summed E-state index contributed by atoms with van der Waals surface area (Å²) in [4.78, 5) is 0. The summed E-state index contributed by atoms with van der Waals surface area (Å²) in [6.07, 6.45) is 1.73. The highest BCUT2D eigenvalue weighted by Gasteiger charge is 2.23. The number of nitrogens with zero attached hydrogens (tertiary/aromatic N) is 1. The van der Waals surface area contributed by atoms with Crippen molar-refractivity contribution in [2.75, 3.05) is 0 Å². The first-order valence-electron chi connectivity index (χ1n) is 16.7. The quantitative estimate of drug-likeness (QED) is 0.183. The molecule has 0 radical (unpaired) electrons. The van der Waals surface area contributed by atoms with Crippen molar-refractivity contribution in [1.82, 2.24) is 4.57 Å². The van der Waals surface area contributed by atoms with Crippen LogP contribution in [0.15, 0.2) is 173 Å². The normalized spacial score (nSPS) is 12.1. The lowest BCUT2D eigenvalue weighted by Crippen LogP contribution is -1.94. The van der Waals surface area contributed by atoms with Crippen molar-refractivity contribution in [1.29, 1.82) is 0 Å². The SMILES string of the molecule is c1ccc(-n2c3ccccc3c3c(-c4c5ccccc5c(-c5cccc6c5oc5cc7occc7cc56)c5ccccc45)cccc32)cc1. The van der Waals surface area contributed by atoms with Crippen molar-refractivity contribution in [3.63, 3.8) is 0 Å². The van der Waals surface area contributed by atoms with Gasteiger partial charge in [0, 0.05) is 49.8 Å². The Morgan fingerprint density at radius 1 is 0.408 bits per heavy atom. The van der Waals surface area contributed by atoms with Gasteiger partial charge in [-0.1, -0.05) is 115 Å². The predicted molar refractivity (Wildman–Crippen MR) is 204 cm³/mol. The Hall–Kier alpha value is -6.58. The summed E-state index contributed by atoms with van der Waals surface area (Å²) < 4.78 is 14.8. The van der Waals surface area contributed by atoms with Gasteiger partial charge in [0.1, 0.15) is 16.7 Å². The van der Waals surface area contributed by atoms with E-state index < -0.39 is 0 Å². The maximum absolute atomic E-state index is 6.72. The molecule has 0 aliphatic carbocycles. The van der Waals surface area contributed by atoms with Crippen molar-refractivity contribution in [3.05, 3.63) is 164 Å². The first-order chi connectivity index (χ1) is 24.3. The van der Waals surface area contributed by atoms with Crippen molar-refractivity contribution >= 4 is 76.3 Å². The van der Waals surface area contributed by atoms with Gasteiger partial charge >= 0.3 is 0 Å². The van der Waals surface area contributed by atoms with Gasteiger partial charge in [0.05, 0.1) is 17.3 Å². The Morgan fingerprint density at radius 2 is 1.00 bits per heavy atom. The zero-order valence-electron chi connectivity index (χ0n) is 26.4. The Bertz CT molecular complexity index is 3050. The van der Waals surface area contributed by atoms with Crippen LogP contribution in [0.3, 0.4) is 0 Å². The molecule has 0 N–H and O–H groups in total. The maximum atomic E-state index is 6.72. The third kappa shape index (κ3) is 3.67. The number of hydrogen-bond acceptors (Lipinski definition) is 2. The molecule has 8 aromatic carbocycles. The monoisotopic (exact) mass is 625 g/mol. The summed E-state index contributed by atoms with van der Waals surface area (Å²) in [5, 5.41) is 10.6. The van der Waals surface area contributed by atoms with E-state index >= 15 is 0 Å². The molecule has 0 spiro atoms. The van der Waals surface area contributed by atoms with Crippen molar-refractivity contribution < 1.29 is 8.83 Å². The molecule has 3 heteroatoms. The summed E-state index contributed by atoms with van der Waals surface area (Å²) in [5.74, 6) is 0. The van der Waals surface area contributed by atoms with Gasteiger partial charge in [-0.25, -0.2) is 0 Å². The molecule has 228 valence electrons. The van der Waals surface area contributed by atoms with Gasteiger partial charge in [-0.3, -0.25) is 0 Å². The van der Waals surface area contributed by atoms with E-state index in [2.05, 4.69) is 150 Å². The second kappa shape index (κ2) is 9.96. The molecule has 0 aliphatic heterocycles. The molecule has 0 saturated carbocycles. The number of aromatic nitrogens is 1. The third-order valence-corrected chi connectivity index (χ3v) is 10.3. The smallest absolute Gasteiger partial charge is 0.143 e. The van der Waals surface area contributed by atoms with Gasteiger partial charge in [0.25, 0.3) is 0 Å². The van der Waals surface area contributed by atoms with Gasteiger partial charge in [-0.2, -0.15) is 0 Å². The van der Waals surface area contributed by atoms with Crippen LogP contribution < -0.4 is 0 Å². The topological polar surface area (TPSA) is 31.2 Å². The van der Waals surface area contributed by atoms with Crippen LogP contribution in [0.1, 0.15) is 0 Å². The van der Waals surface area contributed by atoms with E-state index in [-0.39, 0.29) is 0 Å². The number of fused-ring (bicyclic) bond motifs is 9. The van der Waals surface area contributed by atoms with Crippen LogP contribution in [-0.4, -0.2) is 4.57 Å². The van der Waals surface area contributed by atoms with Crippen LogP contribution >= 0.6 is 0 Å². The number of para-hydroxylation sites is 3. The molecule has 3 aromatic heterocycles. The Kier molecular flexibility index (Phi) is 5.38. The highest BCUT2D eigenvalue weighted by atomic mass is 16.3. The lowest BCUT2D eigenvalue weighted by atomic mass is 9.84. The van der Waals surface area contributed by atoms with E-state index in [1.807, 2.05) is 12.1 Å². The second-order valence-corrected chi connectivity index (χ2v) is 12.8. The third-order valence-electron chi connectivity index (χ3n) is 10.3. The fraction of sp³-hybridized carbons (Fsp3) is 0. The highest BCUT2D eigenvalue weighted by Crippen LogP contribution is 2.49. The minimum atomic E-state index is 0.830. The lowest BCUT2D eigenvalue weighted by Gasteiger charge is -2.18. The van der Waals surface area contributed by atoms with Gasteiger partial charge in [-0.15, -0.1) is 0 Å². The highest BCUT2D eigenvalue weighted by molar-refractivity contribution is 6.28. The molecule has 3 nitrogen and oxygen atoms in total. The molecular formula is C46H27NO2. The molecule has 0 bridgehead atoms. The summed E-state index contributed by atoms with van der Waals surface area (Å²) in [7, 11) is 0. The van der Waals surface area contributed by atoms with E-state index in [0.717, 1.165) is 44.2 Å². The van der Waals surface area contributed by atoms with Crippen LogP contribution in [0.2, 0.25) is 0 Å². The van der Waals surface area contributed by atoms with Gasteiger partial charge in [-0.05, 0) is 69.1 Å². The largest absolute Gasteiger partial charge is 0.464 e. The van der Waals surface area contributed by atoms with Crippen LogP contribution in [0.25, 0.3) is 104 Å². The maximum Gasteiger partial charge on any atom is 0.143 e. The Morgan fingerprint density at radius 3 is 1.76 bits per heavy atom. The zero-order valence-corrected chi connectivity index (χ0v) is 26.4. The fourth-order valence-electron chi connectivity index (χ4n) is 8.24. The average molecular weight is 626 g/mol. The number of rotatable bonds is 3. The minimum absolute atomic E-state index is 0.830. The standard InChI is InChI=1S/C46H27NO2/c1-2-12-29(13-3-1)47-39-22-9-8-18-35(39)45-36(20-11-23-40(45)47)43-30-14-4-6-16-32(30)44(33-17-7-5-15-31(33)43)37-21-10-19-34-38-26-28-24-25-48-41(28)27-42(38)49-46(34)37/h1-27H. The Labute approximate surface area is 280 Å². The molecule has 11 aromatic rings. The molecular weight excluding hydrogens is 599 g/mol. The molecule has 0 aliphatic rings. The molecule has 11 rings (SSSR count). The summed E-state index contributed by atoms with van der Waals surface area (Å²) >= 11 is 0. The van der Waals surface area contributed by atoms with Crippen LogP contribution in [0.4, 0.5) is 0 Å². The number of furan rings is 2. The molecule has 0 unspecified atom stereocenters. The predicted octanol–water partition coefficient (Wildman–Crippen LogP) is 13.1. The molecule has 0 saturated heterocycles. The van der Waals surface area contributed by atoms with Gasteiger partial charge in [0.2, 0.25) is 0 Å². The first-order valence-corrected chi connectivity index (χ1v) is 16.7. The van der Waals surface area contributed by atoms with E-state index in [1.54, 1.807) is 6.26 Å². The fourth-order valence-corrected chi connectivity index (χ4v) is 8.24. The lowest BCUT2D eigenvalue weighted by molar-refractivity contribution is 0.613. The van der Waals surface area contributed by atoms with E-state index in [0.29, 0.717) is 0 Å². The van der Waals surface area contributed by atoms with Crippen molar-refractivity contribution in [2.24, 2.45) is 0 Å². The number of hydrogen-bond donors (Lipinski definition) is 0. The van der Waals surface area contributed by atoms with Gasteiger partial charge in [0.15, 0.2) is 0 Å². The second-order valence-electron chi connectivity index (χ2n) is 12.8. The molecule has 0 atom stereocenters. The van der Waals surface area contributed by atoms with Crippen LogP contribution in [0.5, 0.6) is 0 Å². The molecule has 0 amide bonds. The van der Waals surface area contributed by atoms with E-state index in [9.17, 15) is 0 Å². The summed E-state index contributed by atoms with van der Waals surface area (Å²) in [6, 6.07) is 56.7. The van der Waals surface area contributed by atoms with E-state index in [1.165, 1.54) is 60.0 Å². The van der Waals surface area contributed by atoms with Gasteiger partial charge < -0.3 is 13.4 Å². The van der Waals surface area contributed by atoms with Crippen molar-refractivity contribution in [3.8, 4) is 27.9 Å². The van der Waals surface area contributed by atoms with E-state index in [4.69, 9.17) is 8.83 Å². The molecule has 49 heavy (non-hydrogen) atoms. The van der Waals surface area contributed by atoms with Crippen LogP contribution in [-0.2, 0) is 0 Å².